The summed E-state index contributed by atoms with van der Waals surface area (Å²) in [6.45, 7) is 9.43. The maximum atomic E-state index is 10.5. The predicted molar refractivity (Wildman–Crippen MR) is 85.7 cm³/mol. The Morgan fingerprint density at radius 1 is 1.33 bits per heavy atom. The molecule has 0 spiro atoms. The quantitative estimate of drug-likeness (QED) is 0.835. The molecule has 1 heterocycles. The number of hydrogen-bond acceptors (Lipinski definition) is 4. The number of likely N-dealkylation sites (tertiary alicyclic amines) is 1. The molecular formula is C17H28N2O2. The summed E-state index contributed by atoms with van der Waals surface area (Å²) in [5, 5.41) is 10.5. The smallest absolute Gasteiger partial charge is 0.124 e. The fourth-order valence-corrected chi connectivity index (χ4v) is 3.30. The minimum Gasteiger partial charge on any atom is -0.496 e. The van der Waals surface area contributed by atoms with Gasteiger partial charge in [-0.1, -0.05) is 32.0 Å². The lowest BCUT2D eigenvalue weighted by Crippen LogP contribution is -2.38. The molecule has 0 aromatic heterocycles. The van der Waals surface area contributed by atoms with Crippen LogP contribution in [0.1, 0.15) is 31.9 Å². The highest BCUT2D eigenvalue weighted by molar-refractivity contribution is 5.35. The molecule has 1 saturated heterocycles. The average molecular weight is 292 g/mol. The zero-order valence-corrected chi connectivity index (χ0v) is 13.5. The second-order valence-electron chi connectivity index (χ2n) is 5.68. The third kappa shape index (κ3) is 3.96. The van der Waals surface area contributed by atoms with Crippen LogP contribution in [0.5, 0.6) is 5.75 Å². The van der Waals surface area contributed by atoms with Gasteiger partial charge in [0, 0.05) is 24.7 Å². The van der Waals surface area contributed by atoms with Gasteiger partial charge in [-0.05, 0) is 32.1 Å². The molecule has 1 N–H and O–H groups in total. The first kappa shape index (κ1) is 16.3. The second kappa shape index (κ2) is 7.78. The van der Waals surface area contributed by atoms with E-state index in [-0.39, 0.29) is 0 Å². The van der Waals surface area contributed by atoms with Crippen LogP contribution in [0.15, 0.2) is 24.3 Å². The van der Waals surface area contributed by atoms with E-state index in [1.807, 2.05) is 24.3 Å². The molecule has 0 radical (unpaired) electrons. The molecule has 4 heteroatoms. The van der Waals surface area contributed by atoms with Gasteiger partial charge < -0.3 is 9.84 Å². The Morgan fingerprint density at radius 3 is 2.71 bits per heavy atom. The number of nitrogens with zero attached hydrogens (tertiary/aromatic N) is 2. The Morgan fingerprint density at radius 2 is 2.05 bits per heavy atom. The number of rotatable bonds is 7. The summed E-state index contributed by atoms with van der Waals surface area (Å²) in [5.74, 6) is 0.768. The summed E-state index contributed by atoms with van der Waals surface area (Å²) >= 11 is 0. The lowest BCUT2D eigenvalue weighted by Gasteiger charge is -2.27. The largest absolute Gasteiger partial charge is 0.496 e. The van der Waals surface area contributed by atoms with Crippen molar-refractivity contribution >= 4 is 0 Å². The molecule has 21 heavy (non-hydrogen) atoms. The van der Waals surface area contributed by atoms with E-state index in [9.17, 15) is 5.11 Å². The number of ether oxygens (including phenoxy) is 1. The fraction of sp³-hybridized carbons (Fsp3) is 0.647. The van der Waals surface area contributed by atoms with Gasteiger partial charge in [-0.3, -0.25) is 9.80 Å². The maximum Gasteiger partial charge on any atom is 0.124 e. The van der Waals surface area contributed by atoms with Crippen LogP contribution >= 0.6 is 0 Å². The molecule has 1 aromatic carbocycles. The third-order valence-electron chi connectivity index (χ3n) is 4.51. The maximum absolute atomic E-state index is 10.5. The number of aliphatic hydroxyl groups excluding tert-OH is 1. The van der Waals surface area contributed by atoms with E-state index in [1.165, 1.54) is 6.42 Å². The first-order valence-electron chi connectivity index (χ1n) is 7.96. The third-order valence-corrected chi connectivity index (χ3v) is 4.51. The topological polar surface area (TPSA) is 35.9 Å². The standard InChI is InChI=1S/C17H28N2O2/c1-4-19(5-2)14-10-11-18(12-14)13-16(20)15-8-6-7-9-17(15)21-3/h6-9,14,16,20H,4-5,10-13H2,1-3H3. The van der Waals surface area contributed by atoms with Crippen molar-refractivity contribution in [1.82, 2.24) is 9.80 Å². The van der Waals surface area contributed by atoms with Gasteiger partial charge in [0.1, 0.15) is 5.75 Å². The first-order valence-corrected chi connectivity index (χ1v) is 7.96. The van der Waals surface area contributed by atoms with E-state index in [0.29, 0.717) is 12.6 Å². The number of likely N-dealkylation sites (N-methyl/N-ethyl adjacent to an activating group) is 1. The first-order chi connectivity index (χ1) is 10.2. The van der Waals surface area contributed by atoms with Crippen molar-refractivity contribution < 1.29 is 9.84 Å². The summed E-state index contributed by atoms with van der Waals surface area (Å²) in [4.78, 5) is 4.87. The Labute approximate surface area is 128 Å². The highest BCUT2D eigenvalue weighted by atomic mass is 16.5. The van der Waals surface area contributed by atoms with Crippen molar-refractivity contribution in [1.29, 1.82) is 0 Å². The molecule has 0 bridgehead atoms. The zero-order valence-electron chi connectivity index (χ0n) is 13.5. The van der Waals surface area contributed by atoms with E-state index < -0.39 is 6.10 Å². The van der Waals surface area contributed by atoms with E-state index in [4.69, 9.17) is 4.74 Å². The molecule has 2 rings (SSSR count). The summed E-state index contributed by atoms with van der Waals surface area (Å²) in [6, 6.07) is 8.36. The number of para-hydroxylation sites is 1. The van der Waals surface area contributed by atoms with Crippen LogP contribution in [0.3, 0.4) is 0 Å². The highest BCUT2D eigenvalue weighted by Gasteiger charge is 2.28. The van der Waals surface area contributed by atoms with Crippen LogP contribution in [-0.2, 0) is 0 Å². The number of benzene rings is 1. The van der Waals surface area contributed by atoms with Crippen molar-refractivity contribution in [3.63, 3.8) is 0 Å². The molecule has 4 nitrogen and oxygen atoms in total. The number of β-amino-alcohol motifs (C(OH)–C–C–N with tert-alkyl or cyclic N) is 1. The van der Waals surface area contributed by atoms with Crippen molar-refractivity contribution in [2.75, 3.05) is 39.8 Å². The van der Waals surface area contributed by atoms with Gasteiger partial charge in [-0.25, -0.2) is 0 Å². The zero-order chi connectivity index (χ0) is 15.2. The van der Waals surface area contributed by atoms with Gasteiger partial charge in [-0.15, -0.1) is 0 Å². The summed E-state index contributed by atoms with van der Waals surface area (Å²) in [6.07, 6.45) is 0.706. The van der Waals surface area contributed by atoms with Gasteiger partial charge in [-0.2, -0.15) is 0 Å². The van der Waals surface area contributed by atoms with Gasteiger partial charge in [0.05, 0.1) is 13.2 Å². The Balaban J connectivity index is 1.93. The van der Waals surface area contributed by atoms with Crippen molar-refractivity contribution in [3.8, 4) is 5.75 Å². The lowest BCUT2D eigenvalue weighted by molar-refractivity contribution is 0.117. The van der Waals surface area contributed by atoms with Gasteiger partial charge in [0.25, 0.3) is 0 Å². The number of hydrogen-bond donors (Lipinski definition) is 1. The van der Waals surface area contributed by atoms with Gasteiger partial charge in [0.15, 0.2) is 0 Å². The molecule has 1 aliphatic rings. The highest BCUT2D eigenvalue weighted by Crippen LogP contribution is 2.26. The molecule has 2 atom stereocenters. The van der Waals surface area contributed by atoms with E-state index in [0.717, 1.165) is 37.5 Å². The van der Waals surface area contributed by atoms with Crippen LogP contribution in [0.25, 0.3) is 0 Å². The molecule has 1 fully saturated rings. The monoisotopic (exact) mass is 292 g/mol. The Kier molecular flexibility index (Phi) is 6.03. The molecule has 1 aromatic rings. The van der Waals surface area contributed by atoms with E-state index in [1.54, 1.807) is 7.11 Å². The second-order valence-corrected chi connectivity index (χ2v) is 5.68. The molecule has 0 amide bonds. The van der Waals surface area contributed by atoms with E-state index in [2.05, 4.69) is 23.6 Å². The minimum atomic E-state index is -0.489. The summed E-state index contributed by atoms with van der Waals surface area (Å²) in [7, 11) is 1.65. The molecule has 0 aliphatic carbocycles. The normalized spacial score (nSPS) is 20.9. The van der Waals surface area contributed by atoms with E-state index >= 15 is 0 Å². The summed E-state index contributed by atoms with van der Waals surface area (Å²) < 4.78 is 5.34. The van der Waals surface area contributed by atoms with Gasteiger partial charge >= 0.3 is 0 Å². The Bertz CT molecular complexity index is 435. The van der Waals surface area contributed by atoms with Crippen molar-refractivity contribution in [2.45, 2.75) is 32.4 Å². The minimum absolute atomic E-state index is 0.489. The average Bonchev–Trinajstić information content (AvgIpc) is 2.96. The van der Waals surface area contributed by atoms with Gasteiger partial charge in [0.2, 0.25) is 0 Å². The molecule has 1 aliphatic heterocycles. The lowest BCUT2D eigenvalue weighted by atomic mass is 10.1. The molecular weight excluding hydrogens is 264 g/mol. The Hall–Kier alpha value is -1.10. The van der Waals surface area contributed by atoms with Crippen LogP contribution in [0.4, 0.5) is 0 Å². The van der Waals surface area contributed by atoms with Crippen molar-refractivity contribution in [3.05, 3.63) is 29.8 Å². The molecule has 2 unspecified atom stereocenters. The number of aliphatic hydroxyl groups is 1. The SMILES string of the molecule is CCN(CC)C1CCN(CC(O)c2ccccc2OC)C1. The number of methoxy groups -OCH3 is 1. The van der Waals surface area contributed by atoms with Crippen LogP contribution in [-0.4, -0.2) is 60.8 Å². The van der Waals surface area contributed by atoms with Crippen LogP contribution in [0, 0.1) is 0 Å². The molecule has 118 valence electrons. The fourth-order valence-electron chi connectivity index (χ4n) is 3.30. The predicted octanol–water partition coefficient (Wildman–Crippen LogP) is 2.14. The summed E-state index contributed by atoms with van der Waals surface area (Å²) in [5.41, 5.74) is 0.881. The van der Waals surface area contributed by atoms with Crippen molar-refractivity contribution in [2.24, 2.45) is 0 Å². The van der Waals surface area contributed by atoms with Crippen LogP contribution in [0.2, 0.25) is 0 Å². The molecule has 0 saturated carbocycles. The van der Waals surface area contributed by atoms with Crippen LogP contribution < -0.4 is 4.74 Å².